The summed E-state index contributed by atoms with van der Waals surface area (Å²) in [5.74, 6) is 0.206. The first kappa shape index (κ1) is 16.4. The Balaban J connectivity index is 1.59. The van der Waals surface area contributed by atoms with Gasteiger partial charge in [-0.2, -0.15) is 0 Å². The fourth-order valence-electron chi connectivity index (χ4n) is 4.20. The Bertz CT molecular complexity index is 676. The number of hydrogen-bond donors (Lipinski definition) is 2. The summed E-state index contributed by atoms with van der Waals surface area (Å²) in [7, 11) is 0. The number of nitrogens with zero attached hydrogens (tertiary/aromatic N) is 1. The predicted molar refractivity (Wildman–Crippen MR) is 88.3 cm³/mol. The first-order valence-electron chi connectivity index (χ1n) is 8.31. The molecule has 7 heteroatoms. The number of nitro benzene ring substituents is 1. The molecule has 128 valence electrons. The largest absolute Gasteiger partial charge is 0.345 e. The number of para-hydroxylation sites is 2. The van der Waals surface area contributed by atoms with E-state index < -0.39 is 16.7 Å². The Morgan fingerprint density at radius 2 is 1.96 bits per heavy atom. The molecule has 0 radical (unpaired) electrons. The van der Waals surface area contributed by atoms with Crippen LogP contribution in [0.2, 0.25) is 0 Å². The van der Waals surface area contributed by atoms with Crippen LogP contribution in [0.5, 0.6) is 0 Å². The molecule has 2 aliphatic rings. The number of anilines is 1. The standard InChI is InChI=1S/C17H21N3O4/c1-10(13-9-11-6-7-12(13)8-11)18-16(21)17(22)19-14-4-2-3-5-15(14)20(23)24/h2-5,10-13H,6-9H2,1H3,(H,18,21)(H,19,22). The van der Waals surface area contributed by atoms with E-state index in [9.17, 15) is 19.7 Å². The normalized spacial score (nSPS) is 26.0. The lowest BCUT2D eigenvalue weighted by Crippen LogP contribution is -2.45. The third-order valence-corrected chi connectivity index (χ3v) is 5.35. The van der Waals surface area contributed by atoms with E-state index in [1.165, 1.54) is 37.5 Å². The summed E-state index contributed by atoms with van der Waals surface area (Å²) >= 11 is 0. The van der Waals surface area contributed by atoms with Crippen molar-refractivity contribution in [3.8, 4) is 0 Å². The van der Waals surface area contributed by atoms with E-state index >= 15 is 0 Å². The van der Waals surface area contributed by atoms with Gasteiger partial charge < -0.3 is 10.6 Å². The quantitative estimate of drug-likeness (QED) is 0.503. The minimum Gasteiger partial charge on any atom is -0.345 e. The van der Waals surface area contributed by atoms with Crippen LogP contribution in [0.1, 0.15) is 32.6 Å². The second-order valence-corrected chi connectivity index (χ2v) is 6.83. The summed E-state index contributed by atoms with van der Waals surface area (Å²) in [6, 6.07) is 5.70. The van der Waals surface area contributed by atoms with Gasteiger partial charge in [-0.05, 0) is 50.0 Å². The van der Waals surface area contributed by atoms with Crippen molar-refractivity contribution in [1.29, 1.82) is 0 Å². The topological polar surface area (TPSA) is 101 Å². The van der Waals surface area contributed by atoms with Crippen LogP contribution in [0.3, 0.4) is 0 Å². The van der Waals surface area contributed by atoms with E-state index in [0.717, 1.165) is 12.3 Å². The fraction of sp³-hybridized carbons (Fsp3) is 0.529. The molecule has 2 N–H and O–H groups in total. The number of benzene rings is 1. The maximum absolute atomic E-state index is 12.1. The number of rotatable bonds is 4. The third-order valence-electron chi connectivity index (χ3n) is 5.35. The minimum atomic E-state index is -0.876. The molecule has 2 fully saturated rings. The van der Waals surface area contributed by atoms with Crippen molar-refractivity contribution >= 4 is 23.2 Å². The van der Waals surface area contributed by atoms with Crippen LogP contribution in [-0.2, 0) is 9.59 Å². The predicted octanol–water partition coefficient (Wildman–Crippen LogP) is 2.47. The second-order valence-electron chi connectivity index (χ2n) is 6.83. The Labute approximate surface area is 140 Å². The second kappa shape index (κ2) is 6.59. The summed E-state index contributed by atoms with van der Waals surface area (Å²) in [5, 5.41) is 16.0. The summed E-state index contributed by atoms with van der Waals surface area (Å²) in [4.78, 5) is 34.5. The van der Waals surface area contributed by atoms with Crippen molar-refractivity contribution < 1.29 is 14.5 Å². The Hall–Kier alpha value is -2.44. The molecule has 4 unspecified atom stereocenters. The lowest BCUT2D eigenvalue weighted by Gasteiger charge is -2.28. The van der Waals surface area contributed by atoms with Gasteiger partial charge in [0.2, 0.25) is 0 Å². The number of fused-ring (bicyclic) bond motifs is 2. The van der Waals surface area contributed by atoms with Gasteiger partial charge in [0, 0.05) is 12.1 Å². The molecule has 2 amide bonds. The van der Waals surface area contributed by atoms with Gasteiger partial charge in [-0.3, -0.25) is 19.7 Å². The third kappa shape index (κ3) is 3.25. The van der Waals surface area contributed by atoms with E-state index in [1.807, 2.05) is 6.92 Å². The molecular formula is C17H21N3O4. The van der Waals surface area contributed by atoms with E-state index in [4.69, 9.17) is 0 Å². The minimum absolute atomic E-state index is 0.0234. The maximum Gasteiger partial charge on any atom is 0.313 e. The highest BCUT2D eigenvalue weighted by molar-refractivity contribution is 6.39. The van der Waals surface area contributed by atoms with Gasteiger partial charge in [0.25, 0.3) is 5.69 Å². The van der Waals surface area contributed by atoms with Crippen LogP contribution < -0.4 is 10.6 Å². The zero-order chi connectivity index (χ0) is 17.3. The van der Waals surface area contributed by atoms with Crippen LogP contribution in [0.15, 0.2) is 24.3 Å². The van der Waals surface area contributed by atoms with Crippen molar-refractivity contribution in [3.63, 3.8) is 0 Å². The van der Waals surface area contributed by atoms with Crippen LogP contribution in [-0.4, -0.2) is 22.8 Å². The fourth-order valence-corrected chi connectivity index (χ4v) is 4.20. The number of hydrogen-bond acceptors (Lipinski definition) is 4. The van der Waals surface area contributed by atoms with Crippen molar-refractivity contribution in [2.24, 2.45) is 17.8 Å². The van der Waals surface area contributed by atoms with Gasteiger partial charge in [-0.15, -0.1) is 0 Å². The molecule has 3 rings (SSSR count). The molecule has 7 nitrogen and oxygen atoms in total. The van der Waals surface area contributed by atoms with E-state index in [-0.39, 0.29) is 17.4 Å². The molecule has 4 atom stereocenters. The number of nitro groups is 1. The van der Waals surface area contributed by atoms with Gasteiger partial charge in [0.05, 0.1) is 4.92 Å². The highest BCUT2D eigenvalue weighted by Crippen LogP contribution is 2.49. The van der Waals surface area contributed by atoms with E-state index in [0.29, 0.717) is 11.8 Å². The highest BCUT2D eigenvalue weighted by atomic mass is 16.6. The lowest BCUT2D eigenvalue weighted by molar-refractivity contribution is -0.383. The summed E-state index contributed by atoms with van der Waals surface area (Å²) in [6.07, 6.45) is 4.82. The van der Waals surface area contributed by atoms with Crippen molar-refractivity contribution in [1.82, 2.24) is 5.32 Å². The monoisotopic (exact) mass is 331 g/mol. The molecule has 0 spiro atoms. The van der Waals surface area contributed by atoms with Crippen LogP contribution >= 0.6 is 0 Å². The summed E-state index contributed by atoms with van der Waals surface area (Å²) < 4.78 is 0. The number of nitrogens with one attached hydrogen (secondary N) is 2. The van der Waals surface area contributed by atoms with Crippen molar-refractivity contribution in [3.05, 3.63) is 34.4 Å². The van der Waals surface area contributed by atoms with Crippen molar-refractivity contribution in [2.75, 3.05) is 5.32 Å². The zero-order valence-electron chi connectivity index (χ0n) is 13.5. The molecule has 1 aromatic rings. The molecule has 2 bridgehead atoms. The Morgan fingerprint density at radius 1 is 1.21 bits per heavy atom. The molecule has 0 aromatic heterocycles. The first-order valence-corrected chi connectivity index (χ1v) is 8.31. The first-order chi connectivity index (χ1) is 11.5. The summed E-state index contributed by atoms with van der Waals surface area (Å²) in [5.41, 5.74) is -0.213. The zero-order valence-corrected chi connectivity index (χ0v) is 13.5. The van der Waals surface area contributed by atoms with Gasteiger partial charge in [0.15, 0.2) is 0 Å². The Kier molecular flexibility index (Phi) is 4.51. The maximum atomic E-state index is 12.1. The molecule has 2 aliphatic carbocycles. The van der Waals surface area contributed by atoms with Gasteiger partial charge in [-0.1, -0.05) is 18.6 Å². The number of carbonyl (C=O) groups excluding carboxylic acids is 2. The molecule has 1 aromatic carbocycles. The molecule has 0 aliphatic heterocycles. The van der Waals surface area contributed by atoms with Gasteiger partial charge in [-0.25, -0.2) is 0 Å². The average molecular weight is 331 g/mol. The molecule has 24 heavy (non-hydrogen) atoms. The number of carbonyl (C=O) groups is 2. The molecule has 2 saturated carbocycles. The lowest BCUT2D eigenvalue weighted by atomic mass is 9.84. The van der Waals surface area contributed by atoms with Gasteiger partial charge >= 0.3 is 11.8 Å². The highest BCUT2D eigenvalue weighted by Gasteiger charge is 2.42. The van der Waals surface area contributed by atoms with Crippen LogP contribution in [0.25, 0.3) is 0 Å². The summed E-state index contributed by atoms with van der Waals surface area (Å²) in [6.45, 7) is 1.93. The van der Waals surface area contributed by atoms with E-state index in [1.54, 1.807) is 6.07 Å². The van der Waals surface area contributed by atoms with Gasteiger partial charge in [0.1, 0.15) is 5.69 Å². The molecule has 0 saturated heterocycles. The average Bonchev–Trinajstić information content (AvgIpc) is 3.18. The SMILES string of the molecule is CC(NC(=O)C(=O)Nc1ccccc1[N+](=O)[O-])C1CC2CCC1C2. The van der Waals surface area contributed by atoms with Crippen LogP contribution in [0.4, 0.5) is 11.4 Å². The smallest absolute Gasteiger partial charge is 0.313 e. The number of amides is 2. The van der Waals surface area contributed by atoms with E-state index in [2.05, 4.69) is 10.6 Å². The van der Waals surface area contributed by atoms with Crippen molar-refractivity contribution in [2.45, 2.75) is 38.6 Å². The Morgan fingerprint density at radius 3 is 2.58 bits per heavy atom. The molecule has 0 heterocycles. The van der Waals surface area contributed by atoms with Crippen LogP contribution in [0, 0.1) is 27.9 Å². The molecular weight excluding hydrogens is 310 g/mol.